The van der Waals surface area contributed by atoms with Gasteiger partial charge in [0.2, 0.25) is 0 Å². The number of halogens is 3. The number of carbonyl (C=O) groups excluding carboxylic acids is 1. The van der Waals surface area contributed by atoms with Crippen LogP contribution in [0.15, 0.2) is 46.9 Å². The van der Waals surface area contributed by atoms with Gasteiger partial charge in [0.05, 0.1) is 10.0 Å². The number of anilines is 1. The number of hydrogen-bond donors (Lipinski definition) is 2. The molecule has 0 atom stereocenters. The molecule has 0 radical (unpaired) electrons. The Balaban J connectivity index is 1.89. The van der Waals surface area contributed by atoms with Crippen molar-refractivity contribution in [3.05, 3.63) is 62.5 Å². The molecule has 2 aromatic carbocycles. The van der Waals surface area contributed by atoms with Gasteiger partial charge >= 0.3 is 6.03 Å². The average Bonchev–Trinajstić information content (AvgIpc) is 2.42. The molecule has 2 rings (SSSR count). The first-order valence-electron chi connectivity index (χ1n) is 5.79. The number of nitrogens with one attached hydrogen (secondary N) is 2. The predicted molar refractivity (Wildman–Crippen MR) is 86.5 cm³/mol. The molecule has 0 spiro atoms. The predicted octanol–water partition coefficient (Wildman–Crippen LogP) is 5.08. The van der Waals surface area contributed by atoms with Gasteiger partial charge in [-0.15, -0.1) is 0 Å². The highest BCUT2D eigenvalue weighted by molar-refractivity contribution is 9.10. The van der Waals surface area contributed by atoms with Crippen molar-refractivity contribution in [1.82, 2.24) is 5.32 Å². The summed E-state index contributed by atoms with van der Waals surface area (Å²) >= 11 is 15.0. The molecule has 20 heavy (non-hydrogen) atoms. The first-order chi connectivity index (χ1) is 9.54. The first-order valence-corrected chi connectivity index (χ1v) is 7.34. The summed E-state index contributed by atoms with van der Waals surface area (Å²) in [4.78, 5) is 11.7. The van der Waals surface area contributed by atoms with E-state index in [1.165, 1.54) is 0 Å². The normalized spacial score (nSPS) is 10.2. The van der Waals surface area contributed by atoms with E-state index in [4.69, 9.17) is 23.2 Å². The molecule has 0 bridgehead atoms. The van der Waals surface area contributed by atoms with Crippen LogP contribution in [0.2, 0.25) is 10.0 Å². The van der Waals surface area contributed by atoms with Crippen molar-refractivity contribution >= 4 is 50.9 Å². The smallest absolute Gasteiger partial charge is 0.319 e. The lowest BCUT2D eigenvalue weighted by molar-refractivity contribution is 0.251. The summed E-state index contributed by atoms with van der Waals surface area (Å²) in [7, 11) is 0. The second-order valence-corrected chi connectivity index (χ2v) is 5.79. The van der Waals surface area contributed by atoms with E-state index >= 15 is 0 Å². The quantitative estimate of drug-likeness (QED) is 0.773. The highest BCUT2D eigenvalue weighted by Gasteiger charge is 2.04. The monoisotopic (exact) mass is 372 g/mol. The third-order valence-corrected chi connectivity index (χ3v) is 3.81. The topological polar surface area (TPSA) is 41.1 Å². The Kier molecular flexibility index (Phi) is 5.29. The van der Waals surface area contributed by atoms with Crippen LogP contribution >= 0.6 is 39.1 Å². The molecule has 3 nitrogen and oxygen atoms in total. The summed E-state index contributed by atoms with van der Waals surface area (Å²) in [5.74, 6) is 0. The van der Waals surface area contributed by atoms with Crippen LogP contribution in [0.4, 0.5) is 10.5 Å². The third kappa shape index (κ3) is 4.40. The maximum absolute atomic E-state index is 11.7. The van der Waals surface area contributed by atoms with E-state index in [0.29, 0.717) is 22.3 Å². The molecule has 0 saturated heterocycles. The lowest BCUT2D eigenvalue weighted by Crippen LogP contribution is -2.28. The molecule has 0 aliphatic carbocycles. The van der Waals surface area contributed by atoms with Gasteiger partial charge in [-0.25, -0.2) is 4.79 Å². The van der Waals surface area contributed by atoms with Crippen molar-refractivity contribution in [2.45, 2.75) is 6.54 Å². The first kappa shape index (κ1) is 15.2. The SMILES string of the molecule is O=C(NCc1ccc(Br)cc1)Nc1ccc(Cl)c(Cl)c1. The fourth-order valence-corrected chi connectivity index (χ4v) is 2.10. The molecule has 2 amide bonds. The number of hydrogen-bond acceptors (Lipinski definition) is 1. The van der Waals surface area contributed by atoms with Crippen LogP contribution in [0.3, 0.4) is 0 Å². The minimum absolute atomic E-state index is 0.300. The molecular weight excluding hydrogens is 363 g/mol. The fraction of sp³-hybridized carbons (Fsp3) is 0.0714. The van der Waals surface area contributed by atoms with Gasteiger partial charge in [0.15, 0.2) is 0 Å². The van der Waals surface area contributed by atoms with Crippen molar-refractivity contribution in [3.8, 4) is 0 Å². The van der Waals surface area contributed by atoms with E-state index < -0.39 is 0 Å². The maximum Gasteiger partial charge on any atom is 0.319 e. The largest absolute Gasteiger partial charge is 0.334 e. The Morgan fingerprint density at radius 3 is 2.40 bits per heavy atom. The summed E-state index contributed by atoms with van der Waals surface area (Å²) in [6.07, 6.45) is 0. The van der Waals surface area contributed by atoms with E-state index in [-0.39, 0.29) is 6.03 Å². The van der Waals surface area contributed by atoms with Gasteiger partial charge < -0.3 is 10.6 Å². The van der Waals surface area contributed by atoms with E-state index in [1.807, 2.05) is 24.3 Å². The van der Waals surface area contributed by atoms with Crippen LogP contribution in [0, 0.1) is 0 Å². The summed E-state index contributed by atoms with van der Waals surface area (Å²) < 4.78 is 1.00. The molecule has 0 heterocycles. The van der Waals surface area contributed by atoms with Crippen molar-refractivity contribution in [2.75, 3.05) is 5.32 Å². The zero-order chi connectivity index (χ0) is 14.5. The van der Waals surface area contributed by atoms with E-state index in [1.54, 1.807) is 18.2 Å². The molecular formula is C14H11BrCl2N2O. The third-order valence-electron chi connectivity index (χ3n) is 2.54. The van der Waals surface area contributed by atoms with Gasteiger partial charge in [-0.1, -0.05) is 51.3 Å². The zero-order valence-electron chi connectivity index (χ0n) is 10.3. The highest BCUT2D eigenvalue weighted by Crippen LogP contribution is 2.24. The number of amides is 2. The van der Waals surface area contributed by atoms with E-state index in [0.717, 1.165) is 10.0 Å². The summed E-state index contributed by atoms with van der Waals surface area (Å²) in [5.41, 5.74) is 1.60. The second kappa shape index (κ2) is 6.97. The van der Waals surface area contributed by atoms with Crippen molar-refractivity contribution in [3.63, 3.8) is 0 Å². The minimum atomic E-state index is -0.300. The van der Waals surface area contributed by atoms with Crippen LogP contribution < -0.4 is 10.6 Å². The van der Waals surface area contributed by atoms with Crippen molar-refractivity contribution < 1.29 is 4.79 Å². The molecule has 2 aromatic rings. The molecule has 2 N–H and O–H groups in total. The van der Waals surface area contributed by atoms with Gasteiger partial charge in [-0.3, -0.25) is 0 Å². The number of rotatable bonds is 3. The number of carbonyl (C=O) groups is 1. The lowest BCUT2D eigenvalue weighted by atomic mass is 10.2. The van der Waals surface area contributed by atoms with Crippen LogP contribution in [0.5, 0.6) is 0 Å². The highest BCUT2D eigenvalue weighted by atomic mass is 79.9. The summed E-state index contributed by atoms with van der Waals surface area (Å²) in [6, 6.07) is 12.3. The Labute approximate surface area is 135 Å². The van der Waals surface area contributed by atoms with Crippen LogP contribution in [-0.4, -0.2) is 6.03 Å². The molecule has 0 aliphatic heterocycles. The fourth-order valence-electron chi connectivity index (χ4n) is 1.53. The average molecular weight is 374 g/mol. The lowest BCUT2D eigenvalue weighted by Gasteiger charge is -2.08. The van der Waals surface area contributed by atoms with Gasteiger partial charge in [-0.2, -0.15) is 0 Å². The Morgan fingerprint density at radius 1 is 1.05 bits per heavy atom. The second-order valence-electron chi connectivity index (χ2n) is 4.06. The van der Waals surface area contributed by atoms with Gasteiger partial charge in [0, 0.05) is 16.7 Å². The van der Waals surface area contributed by atoms with Crippen molar-refractivity contribution in [2.24, 2.45) is 0 Å². The van der Waals surface area contributed by atoms with Crippen LogP contribution in [0.25, 0.3) is 0 Å². The van der Waals surface area contributed by atoms with Crippen LogP contribution in [-0.2, 0) is 6.54 Å². The molecule has 0 fully saturated rings. The van der Waals surface area contributed by atoms with Crippen LogP contribution in [0.1, 0.15) is 5.56 Å². The Hall–Kier alpha value is -1.23. The summed E-state index contributed by atoms with van der Waals surface area (Å²) in [5, 5.41) is 6.30. The zero-order valence-corrected chi connectivity index (χ0v) is 13.4. The Bertz CT molecular complexity index is 617. The number of urea groups is 1. The van der Waals surface area contributed by atoms with Crippen molar-refractivity contribution in [1.29, 1.82) is 0 Å². The van der Waals surface area contributed by atoms with E-state index in [9.17, 15) is 4.79 Å². The van der Waals surface area contributed by atoms with Gasteiger partial charge in [-0.05, 0) is 35.9 Å². The molecule has 104 valence electrons. The molecule has 0 unspecified atom stereocenters. The molecule has 0 aliphatic rings. The maximum atomic E-state index is 11.7. The molecule has 0 saturated carbocycles. The minimum Gasteiger partial charge on any atom is -0.334 e. The van der Waals surface area contributed by atoms with Gasteiger partial charge in [0.1, 0.15) is 0 Å². The number of benzene rings is 2. The Morgan fingerprint density at radius 2 is 1.75 bits per heavy atom. The standard InChI is InChI=1S/C14H11BrCl2N2O/c15-10-3-1-9(2-4-10)8-18-14(20)19-11-5-6-12(16)13(17)7-11/h1-7H,8H2,(H2,18,19,20). The van der Waals surface area contributed by atoms with E-state index in [2.05, 4.69) is 26.6 Å². The van der Waals surface area contributed by atoms with Gasteiger partial charge in [0.25, 0.3) is 0 Å². The summed E-state index contributed by atoms with van der Waals surface area (Å²) in [6.45, 7) is 0.445. The molecule has 6 heteroatoms. The molecule has 0 aromatic heterocycles.